The first-order chi connectivity index (χ1) is 9.29. The third-order valence-corrected chi connectivity index (χ3v) is 4.73. The van der Waals surface area contributed by atoms with Crippen LogP contribution in [0.1, 0.15) is 17.0 Å². The fraction of sp³-hybridized carbons (Fsp3) is 0.267. The molecular weight excluding hydrogens is 254 g/mol. The van der Waals surface area contributed by atoms with Crippen LogP contribution in [0.3, 0.4) is 0 Å². The summed E-state index contributed by atoms with van der Waals surface area (Å²) < 4.78 is 1.33. The number of hydrogen-bond donors (Lipinski definition) is 2. The smallest absolute Gasteiger partial charge is 0.148 e. The minimum Gasteiger partial charge on any atom is -0.340 e. The van der Waals surface area contributed by atoms with Crippen molar-refractivity contribution in [2.45, 2.75) is 19.9 Å². The number of H-pyrrole nitrogens is 1. The first kappa shape index (κ1) is 11.2. The van der Waals surface area contributed by atoms with Gasteiger partial charge in [0.1, 0.15) is 5.82 Å². The monoisotopic (exact) mass is 269 g/mol. The molecule has 2 aromatic heterocycles. The van der Waals surface area contributed by atoms with Crippen LogP contribution in [-0.2, 0) is 13.0 Å². The number of fused-ring (bicyclic) bond motifs is 2. The highest BCUT2D eigenvalue weighted by atomic mass is 32.1. The summed E-state index contributed by atoms with van der Waals surface area (Å²) in [4.78, 5) is 9.45. The second kappa shape index (κ2) is 4.18. The molecule has 2 N–H and O–H groups in total. The van der Waals surface area contributed by atoms with Crippen molar-refractivity contribution in [1.29, 1.82) is 0 Å². The number of hydrogen-bond acceptors (Lipinski definition) is 3. The molecule has 1 aromatic carbocycles. The highest BCUT2D eigenvalue weighted by Gasteiger charge is 2.16. The van der Waals surface area contributed by atoms with E-state index in [1.165, 1.54) is 31.9 Å². The molecule has 1 aliphatic heterocycles. The second-order valence-electron chi connectivity index (χ2n) is 5.09. The molecule has 0 spiro atoms. The van der Waals surface area contributed by atoms with Gasteiger partial charge in [0.2, 0.25) is 0 Å². The summed E-state index contributed by atoms with van der Waals surface area (Å²) in [6.45, 7) is 4.07. The van der Waals surface area contributed by atoms with E-state index in [1.54, 1.807) is 0 Å². The topological polar surface area (TPSA) is 40.7 Å². The number of aromatic nitrogens is 2. The number of rotatable bonds is 1. The van der Waals surface area contributed by atoms with E-state index in [4.69, 9.17) is 4.98 Å². The van der Waals surface area contributed by atoms with Gasteiger partial charge in [-0.1, -0.05) is 17.7 Å². The molecule has 0 bridgehead atoms. The summed E-state index contributed by atoms with van der Waals surface area (Å²) in [5.74, 6) is 1.02. The Kier molecular flexibility index (Phi) is 2.47. The molecule has 3 heterocycles. The van der Waals surface area contributed by atoms with Crippen molar-refractivity contribution in [1.82, 2.24) is 15.3 Å². The first-order valence-electron chi connectivity index (χ1n) is 6.59. The second-order valence-corrected chi connectivity index (χ2v) is 6.17. The van der Waals surface area contributed by atoms with E-state index in [0.717, 1.165) is 25.3 Å². The molecule has 3 nitrogen and oxygen atoms in total. The van der Waals surface area contributed by atoms with Crippen LogP contribution < -0.4 is 5.32 Å². The summed E-state index contributed by atoms with van der Waals surface area (Å²) >= 11 is 1.81. The van der Waals surface area contributed by atoms with Crippen molar-refractivity contribution < 1.29 is 0 Å². The van der Waals surface area contributed by atoms with Crippen LogP contribution in [0, 0.1) is 6.92 Å². The summed E-state index contributed by atoms with van der Waals surface area (Å²) in [7, 11) is 0. The Bertz CT molecular complexity index is 730. The highest BCUT2D eigenvalue weighted by molar-refractivity contribution is 7.22. The number of imidazole rings is 1. The van der Waals surface area contributed by atoms with E-state index in [-0.39, 0.29) is 0 Å². The van der Waals surface area contributed by atoms with E-state index >= 15 is 0 Å². The standard InChI is InChI=1S/C15H15N3S/c1-9-2-3-13-10(6-9)7-14(19-13)15-17-11-4-5-16-8-12(11)18-15/h2-3,6-7,16H,4-5,8H2,1H3,(H,17,18). The zero-order valence-electron chi connectivity index (χ0n) is 10.8. The molecule has 3 aromatic rings. The molecule has 4 rings (SSSR count). The van der Waals surface area contributed by atoms with Crippen LogP contribution in [0.2, 0.25) is 0 Å². The van der Waals surface area contributed by atoms with Gasteiger partial charge in [-0.05, 0) is 24.4 Å². The lowest BCUT2D eigenvalue weighted by Gasteiger charge is -2.09. The molecule has 0 saturated heterocycles. The van der Waals surface area contributed by atoms with Gasteiger partial charge in [0.05, 0.1) is 16.3 Å². The molecule has 0 amide bonds. The summed E-state index contributed by atoms with van der Waals surface area (Å²) in [6.07, 6.45) is 1.02. The Labute approximate surface area is 115 Å². The van der Waals surface area contributed by atoms with E-state index in [0.29, 0.717) is 0 Å². The SMILES string of the molecule is Cc1ccc2sc(-c3nc4c([nH]3)CNCC4)cc2c1. The van der Waals surface area contributed by atoms with E-state index in [2.05, 4.69) is 41.5 Å². The predicted molar refractivity (Wildman–Crippen MR) is 79.6 cm³/mol. The first-order valence-corrected chi connectivity index (χ1v) is 7.40. The Morgan fingerprint density at radius 3 is 3.11 bits per heavy atom. The fourth-order valence-corrected chi connectivity index (χ4v) is 3.60. The van der Waals surface area contributed by atoms with E-state index < -0.39 is 0 Å². The number of aromatic amines is 1. The van der Waals surface area contributed by atoms with Crippen LogP contribution in [-0.4, -0.2) is 16.5 Å². The molecule has 0 aliphatic carbocycles. The third-order valence-electron chi connectivity index (χ3n) is 3.61. The van der Waals surface area contributed by atoms with Crippen LogP contribution in [0.25, 0.3) is 20.8 Å². The lowest BCUT2D eigenvalue weighted by Crippen LogP contribution is -2.23. The Morgan fingerprint density at radius 1 is 1.26 bits per heavy atom. The van der Waals surface area contributed by atoms with Gasteiger partial charge in [-0.25, -0.2) is 4.98 Å². The van der Waals surface area contributed by atoms with Crippen molar-refractivity contribution in [2.24, 2.45) is 0 Å². The maximum Gasteiger partial charge on any atom is 0.148 e. The average molecular weight is 269 g/mol. The molecule has 4 heteroatoms. The van der Waals surface area contributed by atoms with Crippen LogP contribution in [0.5, 0.6) is 0 Å². The number of nitrogens with one attached hydrogen (secondary N) is 2. The quantitative estimate of drug-likeness (QED) is 0.712. The normalized spacial score (nSPS) is 14.8. The summed E-state index contributed by atoms with van der Waals surface area (Å²) in [6, 6.07) is 8.84. The summed E-state index contributed by atoms with van der Waals surface area (Å²) in [5, 5.41) is 4.68. The molecule has 0 saturated carbocycles. The molecule has 96 valence electrons. The molecule has 0 unspecified atom stereocenters. The molecule has 0 fully saturated rings. The third kappa shape index (κ3) is 1.88. The van der Waals surface area contributed by atoms with E-state index in [1.807, 2.05) is 11.3 Å². The fourth-order valence-electron chi connectivity index (χ4n) is 2.61. The van der Waals surface area contributed by atoms with Crippen molar-refractivity contribution in [3.05, 3.63) is 41.2 Å². The van der Waals surface area contributed by atoms with Crippen LogP contribution >= 0.6 is 11.3 Å². The zero-order chi connectivity index (χ0) is 12.8. The largest absolute Gasteiger partial charge is 0.340 e. The Morgan fingerprint density at radius 2 is 2.21 bits per heavy atom. The Hall–Kier alpha value is -1.65. The van der Waals surface area contributed by atoms with Crippen LogP contribution in [0.4, 0.5) is 0 Å². The maximum atomic E-state index is 4.75. The highest BCUT2D eigenvalue weighted by Crippen LogP contribution is 2.33. The average Bonchev–Trinajstić information content (AvgIpc) is 3.00. The van der Waals surface area contributed by atoms with E-state index in [9.17, 15) is 0 Å². The van der Waals surface area contributed by atoms with Gasteiger partial charge in [-0.2, -0.15) is 0 Å². The lowest BCUT2D eigenvalue weighted by molar-refractivity contribution is 0.627. The molecule has 19 heavy (non-hydrogen) atoms. The minimum atomic E-state index is 0.909. The van der Waals surface area contributed by atoms with Crippen molar-refractivity contribution in [2.75, 3.05) is 6.54 Å². The minimum absolute atomic E-state index is 0.909. The van der Waals surface area contributed by atoms with Gasteiger partial charge in [-0.3, -0.25) is 0 Å². The molecular formula is C15H15N3S. The number of thiophene rings is 1. The van der Waals surface area contributed by atoms with Gasteiger partial charge in [-0.15, -0.1) is 11.3 Å². The molecule has 0 atom stereocenters. The number of benzene rings is 1. The number of nitrogens with zero attached hydrogens (tertiary/aromatic N) is 1. The van der Waals surface area contributed by atoms with Crippen molar-refractivity contribution >= 4 is 21.4 Å². The van der Waals surface area contributed by atoms with Gasteiger partial charge >= 0.3 is 0 Å². The van der Waals surface area contributed by atoms with Crippen molar-refractivity contribution in [3.63, 3.8) is 0 Å². The molecule has 0 radical (unpaired) electrons. The predicted octanol–water partition coefficient (Wildman–Crippen LogP) is 3.25. The Balaban J connectivity index is 1.83. The zero-order valence-corrected chi connectivity index (χ0v) is 11.6. The number of aryl methyl sites for hydroxylation is 1. The molecule has 1 aliphatic rings. The summed E-state index contributed by atoms with van der Waals surface area (Å²) in [5.41, 5.74) is 3.78. The van der Waals surface area contributed by atoms with Crippen molar-refractivity contribution in [3.8, 4) is 10.7 Å². The van der Waals surface area contributed by atoms with Gasteiger partial charge in [0, 0.05) is 24.2 Å². The lowest BCUT2D eigenvalue weighted by atomic mass is 10.2. The maximum absolute atomic E-state index is 4.75. The van der Waals surface area contributed by atoms with Gasteiger partial charge < -0.3 is 10.3 Å². The van der Waals surface area contributed by atoms with Gasteiger partial charge in [0.25, 0.3) is 0 Å². The van der Waals surface area contributed by atoms with Gasteiger partial charge in [0.15, 0.2) is 0 Å². The van der Waals surface area contributed by atoms with Crippen LogP contribution in [0.15, 0.2) is 24.3 Å².